The minimum atomic E-state index is -0.521. The van der Waals surface area contributed by atoms with E-state index in [4.69, 9.17) is 4.74 Å². The largest absolute Gasteiger partial charge is 0.497 e. The van der Waals surface area contributed by atoms with Crippen LogP contribution >= 0.6 is 0 Å². The summed E-state index contributed by atoms with van der Waals surface area (Å²) in [6.45, 7) is 2.59. The number of nitrogens with zero attached hydrogens (tertiary/aromatic N) is 1. The molecular weight excluding hydrogens is 318 g/mol. The summed E-state index contributed by atoms with van der Waals surface area (Å²) in [7, 11) is 1.57. The summed E-state index contributed by atoms with van der Waals surface area (Å²) in [6, 6.07) is 13.9. The van der Waals surface area contributed by atoms with E-state index >= 15 is 0 Å². The molecule has 2 aromatic carbocycles. The fourth-order valence-corrected chi connectivity index (χ4v) is 2.82. The van der Waals surface area contributed by atoms with Gasteiger partial charge in [0.1, 0.15) is 11.8 Å². The number of urea groups is 1. The normalized spacial score (nSPS) is 16.6. The first-order chi connectivity index (χ1) is 12.1. The van der Waals surface area contributed by atoms with Gasteiger partial charge in [-0.15, -0.1) is 0 Å². The van der Waals surface area contributed by atoms with E-state index < -0.39 is 12.1 Å². The Labute approximate surface area is 146 Å². The van der Waals surface area contributed by atoms with E-state index in [2.05, 4.69) is 10.6 Å². The van der Waals surface area contributed by atoms with Gasteiger partial charge in [0, 0.05) is 24.0 Å². The van der Waals surface area contributed by atoms with Gasteiger partial charge in [-0.25, -0.2) is 4.79 Å². The molecule has 2 aromatic rings. The summed E-state index contributed by atoms with van der Waals surface area (Å²) in [5, 5.41) is 5.47. The van der Waals surface area contributed by atoms with E-state index in [-0.39, 0.29) is 5.91 Å². The van der Waals surface area contributed by atoms with Gasteiger partial charge in [0.2, 0.25) is 5.91 Å². The van der Waals surface area contributed by atoms with Gasteiger partial charge >= 0.3 is 6.03 Å². The zero-order chi connectivity index (χ0) is 17.8. The van der Waals surface area contributed by atoms with Crippen LogP contribution in [0.25, 0.3) is 0 Å². The molecule has 1 aliphatic rings. The van der Waals surface area contributed by atoms with Gasteiger partial charge in [-0.3, -0.25) is 4.79 Å². The standard InChI is InChI=1S/C19H21N3O3/c1-13-6-8-15(9-7-13)22-11-10-17(18(22)23)21-19(24)20-14-4-3-5-16(12-14)25-2/h3-9,12,17H,10-11H2,1-2H3,(H2,20,21,24). The number of ether oxygens (including phenoxy) is 1. The van der Waals surface area contributed by atoms with Crippen molar-refractivity contribution in [2.24, 2.45) is 0 Å². The minimum absolute atomic E-state index is 0.0929. The second-order valence-electron chi connectivity index (χ2n) is 6.00. The fourth-order valence-electron chi connectivity index (χ4n) is 2.82. The first kappa shape index (κ1) is 16.8. The van der Waals surface area contributed by atoms with Gasteiger partial charge < -0.3 is 20.3 Å². The first-order valence-corrected chi connectivity index (χ1v) is 8.16. The third kappa shape index (κ3) is 3.91. The Morgan fingerprint density at radius 3 is 2.68 bits per heavy atom. The highest BCUT2D eigenvalue weighted by atomic mass is 16.5. The number of nitrogens with one attached hydrogen (secondary N) is 2. The van der Waals surface area contributed by atoms with Crippen molar-refractivity contribution < 1.29 is 14.3 Å². The van der Waals surface area contributed by atoms with Crippen molar-refractivity contribution in [2.45, 2.75) is 19.4 Å². The molecule has 1 heterocycles. The molecule has 6 heteroatoms. The zero-order valence-electron chi connectivity index (χ0n) is 14.3. The molecule has 1 aliphatic heterocycles. The predicted molar refractivity (Wildman–Crippen MR) is 97.1 cm³/mol. The second-order valence-corrected chi connectivity index (χ2v) is 6.00. The topological polar surface area (TPSA) is 70.7 Å². The van der Waals surface area contributed by atoms with Gasteiger partial charge in [0.05, 0.1) is 7.11 Å². The number of hydrogen-bond donors (Lipinski definition) is 2. The number of carbonyl (C=O) groups is 2. The van der Waals surface area contributed by atoms with Crippen LogP contribution in [0.5, 0.6) is 5.75 Å². The molecule has 1 fully saturated rings. The van der Waals surface area contributed by atoms with Crippen LogP contribution in [0.15, 0.2) is 48.5 Å². The van der Waals surface area contributed by atoms with E-state index in [0.29, 0.717) is 24.4 Å². The van der Waals surface area contributed by atoms with Crippen LogP contribution in [0, 0.1) is 6.92 Å². The number of amides is 3. The summed E-state index contributed by atoms with van der Waals surface area (Å²) in [5.41, 5.74) is 2.61. The molecule has 25 heavy (non-hydrogen) atoms. The lowest BCUT2D eigenvalue weighted by Crippen LogP contribution is -2.43. The van der Waals surface area contributed by atoms with Gasteiger partial charge in [0.25, 0.3) is 0 Å². The number of hydrogen-bond acceptors (Lipinski definition) is 3. The van der Waals surface area contributed by atoms with Crippen LogP contribution in [-0.4, -0.2) is 31.6 Å². The number of anilines is 2. The molecule has 0 radical (unpaired) electrons. The van der Waals surface area contributed by atoms with E-state index in [0.717, 1.165) is 11.3 Å². The highest BCUT2D eigenvalue weighted by Crippen LogP contribution is 2.22. The summed E-state index contributed by atoms with van der Waals surface area (Å²) >= 11 is 0. The molecule has 0 aromatic heterocycles. The van der Waals surface area contributed by atoms with Gasteiger partial charge in [-0.2, -0.15) is 0 Å². The Morgan fingerprint density at radius 1 is 1.20 bits per heavy atom. The Morgan fingerprint density at radius 2 is 1.96 bits per heavy atom. The van der Waals surface area contributed by atoms with Crippen LogP contribution in [0.1, 0.15) is 12.0 Å². The number of methoxy groups -OCH3 is 1. The van der Waals surface area contributed by atoms with E-state index in [1.165, 1.54) is 0 Å². The Bertz CT molecular complexity index is 774. The first-order valence-electron chi connectivity index (χ1n) is 8.16. The Hall–Kier alpha value is -3.02. The lowest BCUT2D eigenvalue weighted by molar-refractivity contribution is -0.118. The average Bonchev–Trinajstić information content (AvgIpc) is 2.96. The van der Waals surface area contributed by atoms with Crippen molar-refractivity contribution in [2.75, 3.05) is 23.9 Å². The minimum Gasteiger partial charge on any atom is -0.497 e. The molecule has 3 rings (SSSR count). The number of benzene rings is 2. The third-order valence-corrected chi connectivity index (χ3v) is 4.18. The Balaban J connectivity index is 1.60. The molecule has 130 valence electrons. The van der Waals surface area contributed by atoms with E-state index in [1.54, 1.807) is 36.3 Å². The maximum atomic E-state index is 12.5. The quantitative estimate of drug-likeness (QED) is 0.900. The summed E-state index contributed by atoms with van der Waals surface area (Å²) in [5.74, 6) is 0.560. The van der Waals surface area contributed by atoms with Crippen LogP contribution in [0.2, 0.25) is 0 Å². The van der Waals surface area contributed by atoms with Crippen molar-refractivity contribution in [3.05, 3.63) is 54.1 Å². The molecule has 2 N–H and O–H groups in total. The molecule has 1 saturated heterocycles. The smallest absolute Gasteiger partial charge is 0.319 e. The highest BCUT2D eigenvalue weighted by Gasteiger charge is 2.33. The molecule has 3 amide bonds. The lowest BCUT2D eigenvalue weighted by Gasteiger charge is -2.17. The van der Waals surface area contributed by atoms with Crippen molar-refractivity contribution in [3.63, 3.8) is 0 Å². The molecule has 1 atom stereocenters. The molecular formula is C19H21N3O3. The van der Waals surface area contributed by atoms with Gasteiger partial charge in [-0.05, 0) is 37.6 Å². The number of carbonyl (C=O) groups excluding carboxylic acids is 2. The molecule has 6 nitrogen and oxygen atoms in total. The van der Waals surface area contributed by atoms with Crippen molar-refractivity contribution >= 4 is 23.3 Å². The van der Waals surface area contributed by atoms with Crippen LogP contribution in [0.3, 0.4) is 0 Å². The van der Waals surface area contributed by atoms with Crippen LogP contribution in [-0.2, 0) is 4.79 Å². The average molecular weight is 339 g/mol. The molecule has 1 unspecified atom stereocenters. The maximum absolute atomic E-state index is 12.5. The van der Waals surface area contributed by atoms with E-state index in [9.17, 15) is 9.59 Å². The summed E-state index contributed by atoms with van der Waals surface area (Å²) in [4.78, 5) is 26.4. The maximum Gasteiger partial charge on any atom is 0.319 e. The molecule has 0 saturated carbocycles. The highest BCUT2D eigenvalue weighted by molar-refractivity contribution is 6.02. The molecule has 0 aliphatic carbocycles. The van der Waals surface area contributed by atoms with Crippen LogP contribution < -0.4 is 20.3 Å². The summed E-state index contributed by atoms with van der Waals surface area (Å²) in [6.07, 6.45) is 0.582. The fraction of sp³-hybridized carbons (Fsp3) is 0.263. The zero-order valence-corrected chi connectivity index (χ0v) is 14.3. The molecule has 0 spiro atoms. The monoisotopic (exact) mass is 339 g/mol. The number of aryl methyl sites for hydroxylation is 1. The van der Waals surface area contributed by atoms with Gasteiger partial charge in [0.15, 0.2) is 0 Å². The molecule has 0 bridgehead atoms. The van der Waals surface area contributed by atoms with Crippen molar-refractivity contribution in [1.82, 2.24) is 5.32 Å². The van der Waals surface area contributed by atoms with Crippen molar-refractivity contribution in [3.8, 4) is 5.75 Å². The summed E-state index contributed by atoms with van der Waals surface area (Å²) < 4.78 is 5.13. The lowest BCUT2D eigenvalue weighted by atomic mass is 10.2. The second kappa shape index (κ2) is 7.25. The predicted octanol–water partition coefficient (Wildman–Crippen LogP) is 2.93. The third-order valence-electron chi connectivity index (χ3n) is 4.18. The SMILES string of the molecule is COc1cccc(NC(=O)NC2CCN(c3ccc(C)cc3)C2=O)c1. The number of rotatable bonds is 4. The van der Waals surface area contributed by atoms with E-state index in [1.807, 2.05) is 31.2 Å². The van der Waals surface area contributed by atoms with Crippen LogP contribution in [0.4, 0.5) is 16.2 Å². The van der Waals surface area contributed by atoms with Crippen molar-refractivity contribution in [1.29, 1.82) is 0 Å². The van der Waals surface area contributed by atoms with Gasteiger partial charge in [-0.1, -0.05) is 23.8 Å². The Kier molecular flexibility index (Phi) is 4.88.